The van der Waals surface area contributed by atoms with Gasteiger partial charge >= 0.3 is 0 Å². The molecule has 1 amide bonds. The summed E-state index contributed by atoms with van der Waals surface area (Å²) in [4.78, 5) is 41.0. The maximum Gasteiger partial charge on any atom is 0.260 e. The van der Waals surface area contributed by atoms with Gasteiger partial charge in [0.25, 0.3) is 16.8 Å². The van der Waals surface area contributed by atoms with Gasteiger partial charge in [-0.25, -0.2) is 4.39 Å². The highest BCUT2D eigenvalue weighted by Gasteiger charge is 2.28. The summed E-state index contributed by atoms with van der Waals surface area (Å²) in [6.07, 6.45) is 0. The Kier molecular flexibility index (Phi) is 8.42. The Hall–Kier alpha value is -3.47. The van der Waals surface area contributed by atoms with Gasteiger partial charge in [0.2, 0.25) is 0 Å². The van der Waals surface area contributed by atoms with Crippen molar-refractivity contribution in [3.63, 3.8) is 0 Å². The third-order valence-electron chi connectivity index (χ3n) is 6.26. The molecule has 1 saturated heterocycles. The number of benzene rings is 2. The van der Waals surface area contributed by atoms with Crippen LogP contribution in [0.15, 0.2) is 52.1 Å². The number of amides is 1. The molecular weight excluding hydrogens is 501 g/mol. The van der Waals surface area contributed by atoms with Crippen LogP contribution in [0.3, 0.4) is 0 Å². The Morgan fingerprint density at radius 2 is 1.86 bits per heavy atom. The molecule has 196 valence electrons. The van der Waals surface area contributed by atoms with Gasteiger partial charge < -0.3 is 26.0 Å². The van der Waals surface area contributed by atoms with Crippen LogP contribution in [0.1, 0.15) is 12.5 Å². The lowest BCUT2D eigenvalue weighted by atomic mass is 10.1. The average molecular weight is 530 g/mol. The number of halogens is 2. The van der Waals surface area contributed by atoms with Crippen molar-refractivity contribution in [2.75, 3.05) is 50.0 Å². The minimum absolute atomic E-state index is 0.0342. The maximum absolute atomic E-state index is 13.2. The first-order chi connectivity index (χ1) is 17.8. The van der Waals surface area contributed by atoms with Crippen LogP contribution >= 0.6 is 11.6 Å². The van der Waals surface area contributed by atoms with Gasteiger partial charge in [-0.05, 0) is 42.8 Å². The van der Waals surface area contributed by atoms with Crippen LogP contribution in [0.5, 0.6) is 5.75 Å². The van der Waals surface area contributed by atoms with Crippen LogP contribution in [0.2, 0.25) is 5.02 Å². The predicted molar refractivity (Wildman–Crippen MR) is 142 cm³/mol. The fraction of sp³-hybridized carbons (Fsp3) is 0.346. The van der Waals surface area contributed by atoms with E-state index in [2.05, 4.69) is 15.5 Å². The van der Waals surface area contributed by atoms with Gasteiger partial charge in [-0.2, -0.15) is 0 Å². The number of hydrogen-bond acceptors (Lipinski definition) is 8. The smallest absolute Gasteiger partial charge is 0.260 e. The highest BCUT2D eigenvalue weighted by atomic mass is 35.5. The molecule has 1 aliphatic rings. The molecule has 3 aromatic carbocycles. The first-order valence-electron chi connectivity index (χ1n) is 12.0. The van der Waals surface area contributed by atoms with Crippen LogP contribution in [-0.4, -0.2) is 61.1 Å². The standard InChI is InChI=1S/C26H29ClFN5O4/c1-16-13-32(14-17-2-5-19(28)6-3-17)10-11-33(16)22(34)15-37-21-7-4-18(27)12-20(21)31-24-23(30-9-8-29)25(35)26(24)36/h2-7,12,16,30-31H,8-11,13-15,29H2,1H3/t16-/m1/s1. The third kappa shape index (κ3) is 6.27. The number of piperazine rings is 1. The van der Waals surface area contributed by atoms with Crippen LogP contribution in [-0.2, 0) is 11.3 Å². The van der Waals surface area contributed by atoms with Crippen molar-refractivity contribution < 1.29 is 13.9 Å². The molecule has 4 rings (SSSR count). The van der Waals surface area contributed by atoms with E-state index in [1.807, 2.05) is 6.92 Å². The van der Waals surface area contributed by atoms with Crippen molar-refractivity contribution in [3.05, 3.63) is 79.3 Å². The zero-order valence-corrected chi connectivity index (χ0v) is 21.2. The van der Waals surface area contributed by atoms with E-state index in [1.54, 1.807) is 35.2 Å². The van der Waals surface area contributed by atoms with E-state index in [9.17, 15) is 18.8 Å². The summed E-state index contributed by atoms with van der Waals surface area (Å²) in [6.45, 7) is 4.99. The van der Waals surface area contributed by atoms with E-state index in [1.165, 1.54) is 12.1 Å². The fourth-order valence-electron chi connectivity index (χ4n) is 4.35. The highest BCUT2D eigenvalue weighted by Crippen LogP contribution is 2.32. The van der Waals surface area contributed by atoms with E-state index < -0.39 is 10.9 Å². The molecule has 0 unspecified atom stereocenters. The molecule has 0 aromatic heterocycles. The molecule has 37 heavy (non-hydrogen) atoms. The summed E-state index contributed by atoms with van der Waals surface area (Å²) < 4.78 is 19.0. The number of nitrogens with zero attached hydrogens (tertiary/aromatic N) is 2. The number of nitrogens with two attached hydrogens (primary N) is 1. The minimum atomic E-state index is -0.658. The quantitative estimate of drug-likeness (QED) is 0.343. The lowest BCUT2D eigenvalue weighted by molar-refractivity contribution is -0.137. The third-order valence-corrected chi connectivity index (χ3v) is 6.50. The van der Waals surface area contributed by atoms with Gasteiger partial charge in [0.1, 0.15) is 22.9 Å². The monoisotopic (exact) mass is 529 g/mol. The van der Waals surface area contributed by atoms with Crippen LogP contribution in [0, 0.1) is 5.82 Å². The Morgan fingerprint density at radius 3 is 2.57 bits per heavy atom. The molecule has 1 aliphatic heterocycles. The summed E-state index contributed by atoms with van der Waals surface area (Å²) >= 11 is 6.14. The minimum Gasteiger partial charge on any atom is -0.482 e. The van der Waals surface area contributed by atoms with Crippen LogP contribution < -0.4 is 32.0 Å². The summed E-state index contributed by atoms with van der Waals surface area (Å²) in [5, 5.41) is 6.14. The average Bonchev–Trinajstić information content (AvgIpc) is 2.88. The number of carbonyl (C=O) groups excluding carboxylic acids is 1. The molecule has 0 saturated carbocycles. The zero-order valence-electron chi connectivity index (χ0n) is 20.4. The van der Waals surface area contributed by atoms with Crippen molar-refractivity contribution in [2.24, 2.45) is 5.73 Å². The lowest BCUT2D eigenvalue weighted by Crippen LogP contribution is -2.54. The molecule has 9 nitrogen and oxygen atoms in total. The second-order valence-electron chi connectivity index (χ2n) is 8.98. The molecule has 0 spiro atoms. The summed E-state index contributed by atoms with van der Waals surface area (Å²) in [5.74, 6) is -0.118. The summed E-state index contributed by atoms with van der Waals surface area (Å²) in [6, 6.07) is 11.2. The zero-order chi connectivity index (χ0) is 26.5. The van der Waals surface area contributed by atoms with Crippen LogP contribution in [0.4, 0.5) is 21.5 Å². The number of carbonyl (C=O) groups is 1. The van der Waals surface area contributed by atoms with Crippen molar-refractivity contribution in [1.82, 2.24) is 9.80 Å². The molecule has 3 aromatic rings. The Morgan fingerprint density at radius 1 is 1.14 bits per heavy atom. The number of ether oxygens (including phenoxy) is 1. The molecule has 11 heteroatoms. The van der Waals surface area contributed by atoms with E-state index in [-0.39, 0.29) is 35.7 Å². The van der Waals surface area contributed by atoms with Gasteiger partial charge in [-0.1, -0.05) is 23.7 Å². The van der Waals surface area contributed by atoms with Gasteiger partial charge in [-0.15, -0.1) is 0 Å². The Labute approximate surface area is 218 Å². The maximum atomic E-state index is 13.2. The van der Waals surface area contributed by atoms with Crippen molar-refractivity contribution in [3.8, 4) is 5.75 Å². The normalized spacial score (nSPS) is 16.1. The molecule has 0 aliphatic carbocycles. The summed E-state index contributed by atoms with van der Waals surface area (Å²) in [7, 11) is 0. The molecule has 0 bridgehead atoms. The highest BCUT2D eigenvalue weighted by molar-refractivity contribution is 6.31. The first-order valence-corrected chi connectivity index (χ1v) is 12.4. The molecule has 0 radical (unpaired) electrons. The lowest BCUT2D eigenvalue weighted by Gasteiger charge is -2.39. The SMILES string of the molecule is C[C@@H]1CN(Cc2ccc(F)cc2)CCN1C(=O)COc1ccc(Cl)cc1Nc1c(NCCN)c(=O)c1=O. The van der Waals surface area contributed by atoms with E-state index in [0.717, 1.165) is 5.56 Å². The van der Waals surface area contributed by atoms with E-state index >= 15 is 0 Å². The number of nitrogens with one attached hydrogen (secondary N) is 2. The second-order valence-corrected chi connectivity index (χ2v) is 9.41. The Bertz CT molecular complexity index is 1330. The van der Waals surface area contributed by atoms with Crippen molar-refractivity contribution in [1.29, 1.82) is 0 Å². The van der Waals surface area contributed by atoms with E-state index in [0.29, 0.717) is 55.7 Å². The van der Waals surface area contributed by atoms with Gasteiger partial charge in [0.15, 0.2) is 6.61 Å². The van der Waals surface area contributed by atoms with Crippen LogP contribution in [0.25, 0.3) is 0 Å². The molecular formula is C26H29ClFN5O4. The molecule has 1 atom stereocenters. The van der Waals surface area contributed by atoms with Crippen molar-refractivity contribution >= 4 is 34.6 Å². The van der Waals surface area contributed by atoms with Gasteiger partial charge in [0, 0.05) is 50.3 Å². The molecule has 1 fully saturated rings. The molecule has 4 N–H and O–H groups in total. The second kappa shape index (κ2) is 11.7. The molecule has 1 heterocycles. The predicted octanol–water partition coefficient (Wildman–Crippen LogP) is 2.30. The van der Waals surface area contributed by atoms with Gasteiger partial charge in [-0.3, -0.25) is 19.3 Å². The number of hydrogen-bond donors (Lipinski definition) is 3. The van der Waals surface area contributed by atoms with Crippen molar-refractivity contribution in [2.45, 2.75) is 19.5 Å². The topological polar surface area (TPSA) is 117 Å². The number of anilines is 3. The van der Waals surface area contributed by atoms with Gasteiger partial charge in [0.05, 0.1) is 5.69 Å². The summed E-state index contributed by atoms with van der Waals surface area (Å²) in [5.41, 5.74) is 5.83. The fourth-order valence-corrected chi connectivity index (χ4v) is 4.53. The first kappa shape index (κ1) is 26.6. The largest absolute Gasteiger partial charge is 0.482 e. The Balaban J connectivity index is 1.36. The van der Waals surface area contributed by atoms with E-state index in [4.69, 9.17) is 22.1 Å². The number of rotatable bonds is 10.